The van der Waals surface area contributed by atoms with Crippen molar-refractivity contribution in [2.45, 2.75) is 26.4 Å². The predicted molar refractivity (Wildman–Crippen MR) is 75.8 cm³/mol. The van der Waals surface area contributed by atoms with Crippen LogP contribution in [0.4, 0.5) is 0 Å². The highest BCUT2D eigenvalue weighted by Crippen LogP contribution is 2.29. The number of likely N-dealkylation sites (N-methyl/N-ethyl adjacent to an activating group) is 1. The van der Waals surface area contributed by atoms with E-state index in [2.05, 4.69) is 31.9 Å². The number of thiophene rings is 1. The van der Waals surface area contributed by atoms with Crippen molar-refractivity contribution in [2.24, 2.45) is 5.73 Å². The van der Waals surface area contributed by atoms with E-state index in [0.29, 0.717) is 6.54 Å². The lowest BCUT2D eigenvalue weighted by molar-refractivity contribution is 0.241. The van der Waals surface area contributed by atoms with Crippen LogP contribution in [0.25, 0.3) is 0 Å². The summed E-state index contributed by atoms with van der Waals surface area (Å²) < 4.78 is 5.11. The molecule has 0 radical (unpaired) electrons. The zero-order valence-corrected chi connectivity index (χ0v) is 12.0. The number of aryl methyl sites for hydroxylation is 2. The minimum absolute atomic E-state index is 0.268. The van der Waals surface area contributed by atoms with Crippen LogP contribution in [-0.2, 0) is 6.54 Å². The van der Waals surface area contributed by atoms with E-state index < -0.39 is 0 Å². The zero-order chi connectivity index (χ0) is 13.1. The summed E-state index contributed by atoms with van der Waals surface area (Å²) in [7, 11) is 2.11. The van der Waals surface area contributed by atoms with E-state index in [9.17, 15) is 0 Å². The molecule has 0 amide bonds. The van der Waals surface area contributed by atoms with Gasteiger partial charge in [-0.15, -0.1) is 11.3 Å². The molecule has 0 saturated carbocycles. The van der Waals surface area contributed by atoms with Crippen molar-refractivity contribution in [2.75, 3.05) is 13.6 Å². The molecule has 2 N–H and O–H groups in total. The van der Waals surface area contributed by atoms with E-state index in [1.165, 1.54) is 20.9 Å². The van der Waals surface area contributed by atoms with E-state index in [0.717, 1.165) is 6.54 Å². The Labute approximate surface area is 112 Å². The third-order valence-corrected chi connectivity index (χ3v) is 4.19. The average Bonchev–Trinajstić information content (AvgIpc) is 2.91. The van der Waals surface area contributed by atoms with E-state index in [4.69, 9.17) is 10.2 Å². The largest absolute Gasteiger partial charge is 0.472 e. The SMILES string of the molecule is Cc1cc(C(CN)N(C)Cc2ccoc2)c(C)s1. The van der Waals surface area contributed by atoms with Gasteiger partial charge in [0.25, 0.3) is 0 Å². The minimum atomic E-state index is 0.268. The lowest BCUT2D eigenvalue weighted by atomic mass is 10.1. The fourth-order valence-corrected chi connectivity index (χ4v) is 3.29. The molecule has 0 bridgehead atoms. The Morgan fingerprint density at radius 1 is 1.44 bits per heavy atom. The van der Waals surface area contributed by atoms with Gasteiger partial charge in [0, 0.05) is 34.4 Å². The Kier molecular flexibility index (Phi) is 4.22. The van der Waals surface area contributed by atoms with Crippen LogP contribution in [0.5, 0.6) is 0 Å². The molecule has 1 unspecified atom stereocenters. The first kappa shape index (κ1) is 13.3. The monoisotopic (exact) mass is 264 g/mol. The summed E-state index contributed by atoms with van der Waals surface area (Å²) in [4.78, 5) is 4.99. The highest BCUT2D eigenvalue weighted by molar-refractivity contribution is 7.12. The first-order valence-electron chi connectivity index (χ1n) is 6.10. The van der Waals surface area contributed by atoms with Crippen LogP contribution in [0.3, 0.4) is 0 Å². The summed E-state index contributed by atoms with van der Waals surface area (Å²) >= 11 is 1.84. The van der Waals surface area contributed by atoms with Gasteiger partial charge in [-0.2, -0.15) is 0 Å². The summed E-state index contributed by atoms with van der Waals surface area (Å²) in [5.74, 6) is 0. The molecule has 0 spiro atoms. The average molecular weight is 264 g/mol. The highest BCUT2D eigenvalue weighted by atomic mass is 32.1. The summed E-state index contributed by atoms with van der Waals surface area (Å²) in [6.07, 6.45) is 3.50. The van der Waals surface area contributed by atoms with Gasteiger partial charge >= 0.3 is 0 Å². The summed E-state index contributed by atoms with van der Waals surface area (Å²) in [6.45, 7) is 5.80. The molecule has 0 saturated heterocycles. The first-order chi connectivity index (χ1) is 8.61. The quantitative estimate of drug-likeness (QED) is 0.902. The molecule has 0 aliphatic carbocycles. The molecular weight excluding hydrogens is 244 g/mol. The van der Waals surface area contributed by atoms with Crippen molar-refractivity contribution in [1.82, 2.24) is 4.90 Å². The molecule has 2 rings (SSSR count). The van der Waals surface area contributed by atoms with Gasteiger partial charge in [-0.3, -0.25) is 4.90 Å². The van der Waals surface area contributed by atoms with Crippen LogP contribution in [0.2, 0.25) is 0 Å². The maximum absolute atomic E-state index is 5.95. The van der Waals surface area contributed by atoms with Crippen molar-refractivity contribution in [3.63, 3.8) is 0 Å². The molecule has 2 aromatic rings. The molecule has 0 fully saturated rings. The van der Waals surface area contributed by atoms with Crippen molar-refractivity contribution < 1.29 is 4.42 Å². The number of furan rings is 1. The second-order valence-electron chi connectivity index (χ2n) is 4.67. The van der Waals surface area contributed by atoms with Crippen molar-refractivity contribution in [1.29, 1.82) is 0 Å². The number of rotatable bonds is 5. The number of hydrogen-bond donors (Lipinski definition) is 1. The number of nitrogens with two attached hydrogens (primary N) is 1. The number of nitrogens with zero attached hydrogens (tertiary/aromatic N) is 1. The normalized spacial score (nSPS) is 13.2. The van der Waals surface area contributed by atoms with Gasteiger partial charge in [-0.05, 0) is 38.6 Å². The van der Waals surface area contributed by atoms with Crippen molar-refractivity contribution >= 4 is 11.3 Å². The van der Waals surface area contributed by atoms with Crippen LogP contribution in [0, 0.1) is 13.8 Å². The van der Waals surface area contributed by atoms with Gasteiger partial charge in [-0.25, -0.2) is 0 Å². The molecule has 0 aliphatic heterocycles. The van der Waals surface area contributed by atoms with Gasteiger partial charge < -0.3 is 10.2 Å². The van der Waals surface area contributed by atoms with Crippen LogP contribution in [-0.4, -0.2) is 18.5 Å². The van der Waals surface area contributed by atoms with Gasteiger partial charge in [0.1, 0.15) is 0 Å². The lowest BCUT2D eigenvalue weighted by Crippen LogP contribution is -2.30. The van der Waals surface area contributed by atoms with Gasteiger partial charge in [0.15, 0.2) is 0 Å². The third kappa shape index (κ3) is 2.83. The molecule has 18 heavy (non-hydrogen) atoms. The number of hydrogen-bond acceptors (Lipinski definition) is 4. The van der Waals surface area contributed by atoms with E-state index >= 15 is 0 Å². The van der Waals surface area contributed by atoms with Crippen LogP contribution in [0.1, 0.15) is 26.9 Å². The van der Waals surface area contributed by atoms with Crippen molar-refractivity contribution in [3.8, 4) is 0 Å². The Balaban J connectivity index is 2.15. The maximum Gasteiger partial charge on any atom is 0.0947 e. The summed E-state index contributed by atoms with van der Waals surface area (Å²) in [5, 5.41) is 0. The fraction of sp³-hybridized carbons (Fsp3) is 0.429. The maximum atomic E-state index is 5.95. The lowest BCUT2D eigenvalue weighted by Gasteiger charge is -2.26. The Morgan fingerprint density at radius 2 is 2.22 bits per heavy atom. The highest BCUT2D eigenvalue weighted by Gasteiger charge is 2.19. The van der Waals surface area contributed by atoms with Crippen LogP contribution < -0.4 is 5.73 Å². The van der Waals surface area contributed by atoms with Gasteiger partial charge in [0.05, 0.1) is 12.5 Å². The topological polar surface area (TPSA) is 42.4 Å². The molecule has 0 aliphatic rings. The summed E-state index contributed by atoms with van der Waals surface area (Å²) in [5.41, 5.74) is 8.49. The molecule has 0 aromatic carbocycles. The molecule has 4 heteroatoms. The van der Waals surface area contributed by atoms with E-state index in [1.54, 1.807) is 12.5 Å². The second-order valence-corrected chi connectivity index (χ2v) is 6.13. The summed E-state index contributed by atoms with van der Waals surface area (Å²) in [6, 6.07) is 4.52. The van der Waals surface area contributed by atoms with Gasteiger partial charge in [-0.1, -0.05) is 0 Å². The smallest absolute Gasteiger partial charge is 0.0947 e. The first-order valence-corrected chi connectivity index (χ1v) is 6.91. The third-order valence-electron chi connectivity index (χ3n) is 3.21. The van der Waals surface area contributed by atoms with E-state index in [-0.39, 0.29) is 6.04 Å². The Bertz CT molecular complexity index is 490. The van der Waals surface area contributed by atoms with E-state index in [1.807, 2.05) is 17.4 Å². The molecule has 98 valence electrons. The second kappa shape index (κ2) is 5.69. The van der Waals surface area contributed by atoms with Crippen molar-refractivity contribution in [3.05, 3.63) is 45.5 Å². The van der Waals surface area contributed by atoms with Crippen LogP contribution >= 0.6 is 11.3 Å². The van der Waals surface area contributed by atoms with Crippen LogP contribution in [0.15, 0.2) is 29.1 Å². The molecule has 1 atom stereocenters. The van der Waals surface area contributed by atoms with Gasteiger partial charge in [0.2, 0.25) is 0 Å². The standard InChI is InChI=1S/C14H20N2OS/c1-10-6-13(11(2)18-10)14(7-15)16(3)8-12-4-5-17-9-12/h4-6,9,14H,7-8,15H2,1-3H3. The fourth-order valence-electron chi connectivity index (χ4n) is 2.31. The predicted octanol–water partition coefficient (Wildman–Crippen LogP) is 3.09. The molecule has 2 heterocycles. The Morgan fingerprint density at radius 3 is 2.72 bits per heavy atom. The zero-order valence-electron chi connectivity index (χ0n) is 11.1. The minimum Gasteiger partial charge on any atom is -0.472 e. The molecular formula is C14H20N2OS. The molecule has 2 aromatic heterocycles. The molecule has 3 nitrogen and oxygen atoms in total. The Hall–Kier alpha value is -1.10.